The second-order valence-electron chi connectivity index (χ2n) is 15.7. The van der Waals surface area contributed by atoms with Gasteiger partial charge in [-0.05, 0) is 129 Å². The third-order valence-corrected chi connectivity index (χ3v) is 15.7. The molecule has 0 heterocycles. The van der Waals surface area contributed by atoms with Gasteiger partial charge in [-0.15, -0.1) is 0 Å². The molecule has 0 fully saturated rings. The summed E-state index contributed by atoms with van der Waals surface area (Å²) in [7, 11) is -2.20. The minimum Gasteiger partial charge on any atom is -0.0655 e. The Balaban J connectivity index is 1.54. The van der Waals surface area contributed by atoms with Gasteiger partial charge in [0.2, 0.25) is 0 Å². The van der Waals surface area contributed by atoms with E-state index in [0.717, 1.165) is 12.8 Å². The lowest BCUT2D eigenvalue weighted by molar-refractivity contribution is 0.734. The first-order valence-electron chi connectivity index (χ1n) is 19.6. The zero-order valence-electron chi connectivity index (χ0n) is 31.8. The van der Waals surface area contributed by atoms with E-state index >= 15 is 0 Å². The van der Waals surface area contributed by atoms with Crippen LogP contribution in [0.15, 0.2) is 96.1 Å². The molecule has 2 unspecified atom stereocenters. The molecule has 1 heteroatoms. The fourth-order valence-corrected chi connectivity index (χ4v) is 13.1. The Labute approximate surface area is 299 Å². The van der Waals surface area contributed by atoms with Crippen LogP contribution < -0.4 is 0 Å². The molecular weight excluding hydrogens is 605 g/mol. The lowest BCUT2D eigenvalue weighted by atomic mass is 9.93. The third-order valence-electron chi connectivity index (χ3n) is 12.0. The molecule has 2 aliphatic rings. The van der Waals surface area contributed by atoms with Crippen LogP contribution in [-0.4, -0.2) is 8.07 Å². The number of fused-ring (bicyclic) bond motifs is 2. The van der Waals surface area contributed by atoms with E-state index in [1.165, 1.54) is 84.7 Å². The molecule has 49 heavy (non-hydrogen) atoms. The van der Waals surface area contributed by atoms with Gasteiger partial charge >= 0.3 is 0 Å². The Bertz CT molecular complexity index is 1690. The van der Waals surface area contributed by atoms with Crippen molar-refractivity contribution in [3.05, 3.63) is 129 Å². The van der Waals surface area contributed by atoms with Crippen LogP contribution >= 0.6 is 0 Å². The minimum absolute atomic E-state index is 0.592. The molecule has 0 saturated carbocycles. The number of unbranched alkanes of at least 4 members (excludes halogenated alkanes) is 2. The lowest BCUT2D eigenvalue weighted by Gasteiger charge is -2.33. The van der Waals surface area contributed by atoms with Gasteiger partial charge in [0, 0.05) is 0 Å². The summed E-state index contributed by atoms with van der Waals surface area (Å²) in [5.74, 6) is 1.18. The van der Waals surface area contributed by atoms with Crippen molar-refractivity contribution >= 4 is 18.5 Å². The van der Waals surface area contributed by atoms with Crippen molar-refractivity contribution in [1.29, 1.82) is 0 Å². The summed E-state index contributed by atoms with van der Waals surface area (Å²) in [4.78, 5) is 0. The van der Waals surface area contributed by atoms with Crippen LogP contribution in [0.5, 0.6) is 0 Å². The molecule has 0 aromatic heterocycles. The highest BCUT2D eigenvalue weighted by Crippen LogP contribution is 2.54. The van der Waals surface area contributed by atoms with Crippen molar-refractivity contribution in [2.75, 3.05) is 0 Å². The molecule has 0 radical (unpaired) electrons. The first kappa shape index (κ1) is 35.4. The average molecular weight is 665 g/mol. The average Bonchev–Trinajstić information content (AvgIpc) is 3.72. The fourth-order valence-electron chi connectivity index (χ4n) is 8.85. The topological polar surface area (TPSA) is 0 Å². The molecule has 0 bridgehead atoms. The molecular formula is C48H60Si. The summed E-state index contributed by atoms with van der Waals surface area (Å²) in [5.41, 5.74) is 18.2. The zero-order chi connectivity index (χ0) is 34.7. The van der Waals surface area contributed by atoms with Gasteiger partial charge in [-0.1, -0.05) is 164 Å². The van der Waals surface area contributed by atoms with Gasteiger partial charge in [0.1, 0.15) is 8.07 Å². The van der Waals surface area contributed by atoms with Crippen molar-refractivity contribution in [3.8, 4) is 22.3 Å². The van der Waals surface area contributed by atoms with Crippen LogP contribution in [0.25, 0.3) is 32.6 Å². The largest absolute Gasteiger partial charge is 0.113 e. The summed E-state index contributed by atoms with van der Waals surface area (Å²) < 4.78 is 0. The van der Waals surface area contributed by atoms with Crippen molar-refractivity contribution < 1.29 is 0 Å². The predicted octanol–water partition coefficient (Wildman–Crippen LogP) is 14.5. The maximum absolute atomic E-state index is 2.71. The molecule has 4 aromatic carbocycles. The van der Waals surface area contributed by atoms with E-state index in [1.54, 1.807) is 43.8 Å². The van der Waals surface area contributed by atoms with Gasteiger partial charge in [-0.25, -0.2) is 0 Å². The monoisotopic (exact) mass is 664 g/mol. The molecule has 0 saturated heterocycles. The van der Waals surface area contributed by atoms with Crippen LogP contribution in [-0.2, 0) is 12.8 Å². The molecule has 0 amide bonds. The van der Waals surface area contributed by atoms with Gasteiger partial charge in [-0.2, -0.15) is 0 Å². The first-order chi connectivity index (χ1) is 23.7. The Morgan fingerprint density at radius 1 is 0.531 bits per heavy atom. The van der Waals surface area contributed by atoms with Gasteiger partial charge in [0.25, 0.3) is 0 Å². The lowest BCUT2D eigenvalue weighted by Crippen LogP contribution is -2.32. The van der Waals surface area contributed by atoms with Gasteiger partial charge < -0.3 is 0 Å². The van der Waals surface area contributed by atoms with E-state index < -0.39 is 8.07 Å². The summed E-state index contributed by atoms with van der Waals surface area (Å²) in [6.07, 6.45) is 12.0. The Morgan fingerprint density at radius 3 is 1.27 bits per heavy atom. The first-order valence-corrected chi connectivity index (χ1v) is 22.6. The van der Waals surface area contributed by atoms with Crippen LogP contribution in [0.1, 0.15) is 138 Å². The SMILES string of the molecule is CCCCC1=C([Si](C)(C)C2=C(CCCC)Cc3cccc(-c4ccc(C(C)CC)cc4)c32)c2c(cccc2-c2ccc(C(C)CC)cc2)C1. The number of rotatable bonds is 14. The van der Waals surface area contributed by atoms with Gasteiger partial charge in [0.15, 0.2) is 0 Å². The predicted molar refractivity (Wildman–Crippen MR) is 219 cm³/mol. The smallest absolute Gasteiger partial charge is 0.0655 e. The highest BCUT2D eigenvalue weighted by Gasteiger charge is 2.43. The highest BCUT2D eigenvalue weighted by atomic mass is 28.3. The number of benzene rings is 4. The molecule has 4 aromatic rings. The van der Waals surface area contributed by atoms with Crippen LogP contribution in [0.3, 0.4) is 0 Å². The molecule has 2 atom stereocenters. The van der Waals surface area contributed by atoms with Crippen LogP contribution in [0.2, 0.25) is 13.1 Å². The molecule has 0 N–H and O–H groups in total. The van der Waals surface area contributed by atoms with E-state index in [4.69, 9.17) is 0 Å². The van der Waals surface area contributed by atoms with Crippen molar-refractivity contribution in [2.45, 2.75) is 131 Å². The quantitative estimate of drug-likeness (QED) is 0.118. The third kappa shape index (κ3) is 6.85. The Hall–Kier alpha value is -3.42. The van der Waals surface area contributed by atoms with Crippen molar-refractivity contribution in [3.63, 3.8) is 0 Å². The molecule has 6 rings (SSSR count). The Morgan fingerprint density at radius 2 is 0.918 bits per heavy atom. The summed E-state index contributed by atoms with van der Waals surface area (Å²) >= 11 is 0. The molecule has 2 aliphatic carbocycles. The fraction of sp³-hybridized carbons (Fsp3) is 0.417. The zero-order valence-corrected chi connectivity index (χ0v) is 32.8. The Kier molecular flexibility index (Phi) is 11.0. The van der Waals surface area contributed by atoms with E-state index in [1.807, 2.05) is 0 Å². The highest BCUT2D eigenvalue weighted by molar-refractivity contribution is 7.09. The summed E-state index contributed by atoms with van der Waals surface area (Å²) in [5, 5.41) is 3.49. The number of allylic oxidation sites excluding steroid dienone is 2. The molecule has 0 aliphatic heterocycles. The van der Waals surface area contributed by atoms with Crippen molar-refractivity contribution in [2.24, 2.45) is 0 Å². The standard InChI is InChI=1S/C48H60Si/c1-9-13-17-41-31-39-19-15-21-43(37-27-23-35(24-28-37)33(5)11-3)45(39)47(41)49(7,8)48-42(18-14-10-2)32-40-20-16-22-44(46(40)48)38-29-25-36(26-30-38)34(6)12-4/h15-16,19-30,33-34H,9-14,17-18,31-32H2,1-8H3. The maximum atomic E-state index is 2.71. The molecule has 256 valence electrons. The summed E-state index contributed by atoms with van der Waals surface area (Å²) in [6, 6.07) is 33.6. The maximum Gasteiger partial charge on any atom is 0.113 e. The van der Waals surface area contributed by atoms with E-state index in [0.29, 0.717) is 11.8 Å². The summed E-state index contributed by atoms with van der Waals surface area (Å²) in [6.45, 7) is 19.4. The van der Waals surface area contributed by atoms with E-state index in [-0.39, 0.29) is 0 Å². The second kappa shape index (κ2) is 15.2. The van der Waals surface area contributed by atoms with Crippen LogP contribution in [0.4, 0.5) is 0 Å². The van der Waals surface area contributed by atoms with Crippen molar-refractivity contribution in [1.82, 2.24) is 0 Å². The van der Waals surface area contributed by atoms with Crippen LogP contribution in [0, 0.1) is 0 Å². The molecule has 0 spiro atoms. The number of hydrogen-bond donors (Lipinski definition) is 0. The van der Waals surface area contributed by atoms with E-state index in [2.05, 4.69) is 140 Å². The second-order valence-corrected chi connectivity index (χ2v) is 19.9. The van der Waals surface area contributed by atoms with Gasteiger partial charge in [0.05, 0.1) is 0 Å². The van der Waals surface area contributed by atoms with E-state index in [9.17, 15) is 0 Å². The molecule has 0 nitrogen and oxygen atoms in total. The number of hydrogen-bond acceptors (Lipinski definition) is 0. The minimum atomic E-state index is -2.20. The van der Waals surface area contributed by atoms with Gasteiger partial charge in [-0.3, -0.25) is 0 Å². The normalized spacial score (nSPS) is 15.5.